The molecule has 0 unspecified atom stereocenters. The summed E-state index contributed by atoms with van der Waals surface area (Å²) < 4.78 is 13.3. The predicted molar refractivity (Wildman–Crippen MR) is 132 cm³/mol. The van der Waals surface area contributed by atoms with Gasteiger partial charge in [-0.3, -0.25) is 15.1 Å². The van der Waals surface area contributed by atoms with Crippen LogP contribution in [0, 0.1) is 5.41 Å². The van der Waals surface area contributed by atoms with Crippen LogP contribution < -0.4 is 9.47 Å². The molecule has 0 aliphatic carbocycles. The quantitative estimate of drug-likeness (QED) is 0.532. The highest BCUT2D eigenvalue weighted by Crippen LogP contribution is 2.33. The van der Waals surface area contributed by atoms with Crippen LogP contribution >= 0.6 is 11.8 Å². The third kappa shape index (κ3) is 4.05. The summed E-state index contributed by atoms with van der Waals surface area (Å²) in [6, 6.07) is 15.5. The molecule has 0 radical (unpaired) electrons. The number of hydrogen-bond donors (Lipinski definition) is 1. The molecule has 0 fully saturated rings. The predicted octanol–water partition coefficient (Wildman–Crippen LogP) is 4.90. The molecule has 0 saturated heterocycles. The first-order chi connectivity index (χ1) is 16.0. The summed E-state index contributed by atoms with van der Waals surface area (Å²) in [5, 5.41) is 10.1. The highest BCUT2D eigenvalue weighted by Gasteiger charge is 2.33. The molecule has 0 saturated carbocycles. The largest absolute Gasteiger partial charge is 0.497 e. The highest BCUT2D eigenvalue weighted by atomic mass is 32.2. The van der Waals surface area contributed by atoms with Crippen LogP contribution in [0.2, 0.25) is 0 Å². The summed E-state index contributed by atoms with van der Waals surface area (Å²) >= 11 is 1.40. The van der Waals surface area contributed by atoms with Gasteiger partial charge in [-0.25, -0.2) is 0 Å². The number of thioether (sulfide) groups is 1. The molecule has 0 atom stereocenters. The fraction of sp³-hybridized carbons (Fsp3) is 0.160. The maximum absolute atomic E-state index is 12.7. The Morgan fingerprint density at radius 1 is 1.15 bits per heavy atom. The van der Waals surface area contributed by atoms with Crippen molar-refractivity contribution in [2.75, 3.05) is 13.7 Å². The molecule has 7 nitrogen and oxygen atoms in total. The third-order valence-corrected chi connectivity index (χ3v) is 6.35. The zero-order valence-electron chi connectivity index (χ0n) is 18.2. The number of hydrogen-bond acceptors (Lipinski definition) is 5. The number of benzene rings is 2. The van der Waals surface area contributed by atoms with E-state index in [9.17, 15) is 4.79 Å². The number of aromatic nitrogens is 1. The summed E-state index contributed by atoms with van der Waals surface area (Å²) in [4.78, 5) is 19.5. The van der Waals surface area contributed by atoms with Crippen molar-refractivity contribution >= 4 is 45.7 Å². The smallest absolute Gasteiger partial charge is 0.283 e. The van der Waals surface area contributed by atoms with E-state index < -0.39 is 0 Å². The zero-order chi connectivity index (χ0) is 22.9. The molecular weight excluding hydrogens is 436 g/mol. The topological polar surface area (TPSA) is 79.9 Å². The molecule has 3 heterocycles. The Morgan fingerprint density at radius 3 is 2.82 bits per heavy atom. The van der Waals surface area contributed by atoms with E-state index in [2.05, 4.69) is 9.56 Å². The lowest BCUT2D eigenvalue weighted by atomic mass is 10.1. The molecule has 166 valence electrons. The second-order valence-corrected chi connectivity index (χ2v) is 8.85. The number of nitrogens with one attached hydrogen (secondary N) is 1. The highest BCUT2D eigenvalue weighted by molar-refractivity contribution is 8.17. The van der Waals surface area contributed by atoms with E-state index in [0.717, 1.165) is 32.9 Å². The molecule has 1 amide bonds. The fourth-order valence-corrected chi connectivity index (χ4v) is 4.70. The molecular formula is C25H22N4O3S. The van der Waals surface area contributed by atoms with Gasteiger partial charge in [-0.15, -0.1) is 0 Å². The molecule has 8 heteroatoms. The Balaban J connectivity index is 1.42. The maximum atomic E-state index is 12.7. The fourth-order valence-electron chi connectivity index (χ4n) is 3.89. The first-order valence-corrected chi connectivity index (χ1v) is 11.3. The molecule has 2 aromatic carbocycles. The van der Waals surface area contributed by atoms with Gasteiger partial charge in [-0.05, 0) is 31.2 Å². The van der Waals surface area contributed by atoms with Gasteiger partial charge in [0.1, 0.15) is 23.9 Å². The van der Waals surface area contributed by atoms with E-state index in [-0.39, 0.29) is 17.3 Å². The number of amides is 1. The standard InChI is InChI=1S/C25H22N4O3S/c1-16-14-29-23(26)21(24(30)27-25(29)33-16)12-17-15-28(22-9-4-3-8-20(17)22)10-11-32-19-7-5-6-18(13-19)31-2/h3-9,12-15,26H,10-11H2,1-2H3. The van der Waals surface area contributed by atoms with Gasteiger partial charge in [0.25, 0.3) is 5.91 Å². The van der Waals surface area contributed by atoms with Crippen molar-refractivity contribution in [2.45, 2.75) is 13.5 Å². The van der Waals surface area contributed by atoms with Crippen LogP contribution in [-0.2, 0) is 11.3 Å². The van der Waals surface area contributed by atoms with Crippen molar-refractivity contribution < 1.29 is 14.3 Å². The minimum atomic E-state index is -0.389. The lowest BCUT2D eigenvalue weighted by Gasteiger charge is -2.22. The molecule has 2 aliphatic rings. The van der Waals surface area contributed by atoms with Crippen molar-refractivity contribution in [3.8, 4) is 11.5 Å². The van der Waals surface area contributed by atoms with Crippen LogP contribution in [0.1, 0.15) is 12.5 Å². The van der Waals surface area contributed by atoms with Crippen molar-refractivity contribution in [3.05, 3.63) is 77.0 Å². The van der Waals surface area contributed by atoms with Gasteiger partial charge >= 0.3 is 0 Å². The van der Waals surface area contributed by atoms with Crippen molar-refractivity contribution in [2.24, 2.45) is 4.99 Å². The maximum Gasteiger partial charge on any atom is 0.283 e. The molecule has 33 heavy (non-hydrogen) atoms. The molecule has 0 spiro atoms. The van der Waals surface area contributed by atoms with Crippen LogP contribution in [0.25, 0.3) is 17.0 Å². The first kappa shape index (κ1) is 21.1. The number of rotatable bonds is 6. The molecule has 5 rings (SSSR count). The molecule has 0 bridgehead atoms. The van der Waals surface area contributed by atoms with Crippen LogP contribution in [0.15, 0.2) is 76.4 Å². The Labute approximate surface area is 195 Å². The van der Waals surface area contributed by atoms with Crippen molar-refractivity contribution in [3.63, 3.8) is 0 Å². The number of para-hydroxylation sites is 1. The van der Waals surface area contributed by atoms with E-state index in [4.69, 9.17) is 14.9 Å². The summed E-state index contributed by atoms with van der Waals surface area (Å²) in [6.07, 6.45) is 5.59. The van der Waals surface area contributed by atoms with E-state index in [1.165, 1.54) is 11.8 Å². The number of carbonyl (C=O) groups is 1. The minimum Gasteiger partial charge on any atom is -0.497 e. The van der Waals surface area contributed by atoms with Crippen molar-refractivity contribution in [1.29, 1.82) is 5.41 Å². The number of fused-ring (bicyclic) bond motifs is 2. The Morgan fingerprint density at radius 2 is 1.97 bits per heavy atom. The van der Waals surface area contributed by atoms with Crippen LogP contribution in [0.5, 0.6) is 11.5 Å². The Bertz CT molecular complexity index is 1370. The molecule has 2 aliphatic heterocycles. The van der Waals surface area contributed by atoms with Crippen LogP contribution in [0.4, 0.5) is 0 Å². The van der Waals surface area contributed by atoms with E-state index in [0.29, 0.717) is 18.3 Å². The second-order valence-electron chi connectivity index (χ2n) is 7.64. The number of methoxy groups -OCH3 is 1. The Hall–Kier alpha value is -3.78. The number of aliphatic imine (C=N–C) groups is 1. The van der Waals surface area contributed by atoms with Gasteiger partial charge in [0.05, 0.1) is 19.2 Å². The third-order valence-electron chi connectivity index (χ3n) is 5.45. The number of nitrogens with zero attached hydrogens (tertiary/aromatic N) is 3. The monoisotopic (exact) mass is 458 g/mol. The number of carbonyl (C=O) groups excluding carboxylic acids is 1. The zero-order valence-corrected chi connectivity index (χ0v) is 19.1. The van der Waals surface area contributed by atoms with Crippen LogP contribution in [0.3, 0.4) is 0 Å². The van der Waals surface area contributed by atoms with E-state index >= 15 is 0 Å². The van der Waals surface area contributed by atoms with Gasteiger partial charge in [-0.2, -0.15) is 4.99 Å². The lowest BCUT2D eigenvalue weighted by Crippen LogP contribution is -2.35. The number of amidine groups is 2. The van der Waals surface area contributed by atoms with Crippen LogP contribution in [-0.4, -0.2) is 40.1 Å². The van der Waals surface area contributed by atoms with E-state index in [1.54, 1.807) is 18.1 Å². The number of allylic oxidation sites excluding steroid dienone is 1. The molecule has 1 N–H and O–H groups in total. The molecule has 1 aromatic heterocycles. The van der Waals surface area contributed by atoms with Gasteiger partial charge in [0, 0.05) is 39.8 Å². The SMILES string of the molecule is COc1cccc(OCCn2cc(C=C3C(=N)N4C=C(C)SC4=NC3=O)c3ccccc32)c1. The van der Waals surface area contributed by atoms with Gasteiger partial charge in [-0.1, -0.05) is 36.0 Å². The summed E-state index contributed by atoms with van der Waals surface area (Å²) in [7, 11) is 1.63. The summed E-state index contributed by atoms with van der Waals surface area (Å²) in [6.45, 7) is 3.03. The molecule has 3 aromatic rings. The number of ether oxygens (including phenoxy) is 2. The van der Waals surface area contributed by atoms with Gasteiger partial charge in [0.2, 0.25) is 0 Å². The average Bonchev–Trinajstić information content (AvgIpc) is 3.37. The first-order valence-electron chi connectivity index (χ1n) is 10.5. The minimum absolute atomic E-state index is 0.146. The van der Waals surface area contributed by atoms with Gasteiger partial charge in [0.15, 0.2) is 5.17 Å². The van der Waals surface area contributed by atoms with Crippen molar-refractivity contribution in [1.82, 2.24) is 9.47 Å². The summed E-state index contributed by atoms with van der Waals surface area (Å²) in [5.41, 5.74) is 2.18. The summed E-state index contributed by atoms with van der Waals surface area (Å²) in [5.74, 6) is 1.25. The lowest BCUT2D eigenvalue weighted by molar-refractivity contribution is -0.114. The van der Waals surface area contributed by atoms with Gasteiger partial charge < -0.3 is 14.0 Å². The Kier molecular flexibility index (Phi) is 5.51. The average molecular weight is 459 g/mol. The van der Waals surface area contributed by atoms with E-state index in [1.807, 2.05) is 67.9 Å². The normalized spacial score (nSPS) is 16.8. The second kappa shape index (κ2) is 8.63.